The van der Waals surface area contributed by atoms with Crippen LogP contribution in [-0.2, 0) is 0 Å². The Balaban J connectivity index is 1.86. The average molecular weight is 281 g/mol. The van der Waals surface area contributed by atoms with Crippen molar-refractivity contribution in [2.45, 2.75) is 0 Å². The van der Waals surface area contributed by atoms with Gasteiger partial charge in [0, 0.05) is 17.8 Å². The third-order valence-electron chi connectivity index (χ3n) is 2.87. The van der Waals surface area contributed by atoms with Gasteiger partial charge in [-0.25, -0.2) is 9.37 Å². The molecule has 0 fully saturated rings. The predicted molar refractivity (Wildman–Crippen MR) is 78.4 cm³/mol. The number of anilines is 1. The smallest absolute Gasteiger partial charge is 0.145 e. The van der Waals surface area contributed by atoms with Crippen molar-refractivity contribution in [2.24, 2.45) is 0 Å². The normalized spacial score (nSPS) is 10.3. The highest BCUT2D eigenvalue weighted by atomic mass is 19.1. The van der Waals surface area contributed by atoms with Crippen molar-refractivity contribution in [3.8, 4) is 22.8 Å². The molecule has 0 bridgehead atoms. The molecule has 1 aromatic carbocycles. The molecular weight excluding hydrogens is 269 g/mol. The van der Waals surface area contributed by atoms with Gasteiger partial charge < -0.3 is 10.5 Å². The van der Waals surface area contributed by atoms with Gasteiger partial charge in [0.1, 0.15) is 23.1 Å². The maximum atomic E-state index is 12.9. The Morgan fingerprint density at radius 3 is 2.43 bits per heavy atom. The standard InChI is InChI=1S/C16H12FN3O/c17-12-3-1-11(2-4-12)15-9-13(7-8-19-15)21-14-5-6-16(18)20-10-14/h1-10H,(H2,18,20). The molecule has 2 heterocycles. The molecule has 0 aliphatic rings. The first-order valence-electron chi connectivity index (χ1n) is 6.32. The number of aromatic nitrogens is 2. The molecular formula is C16H12FN3O. The topological polar surface area (TPSA) is 61.0 Å². The van der Waals surface area contributed by atoms with E-state index in [2.05, 4.69) is 9.97 Å². The van der Waals surface area contributed by atoms with Gasteiger partial charge in [0.2, 0.25) is 0 Å². The molecule has 0 atom stereocenters. The highest BCUT2D eigenvalue weighted by Crippen LogP contribution is 2.25. The van der Waals surface area contributed by atoms with Gasteiger partial charge >= 0.3 is 0 Å². The zero-order valence-electron chi connectivity index (χ0n) is 11.0. The molecule has 21 heavy (non-hydrogen) atoms. The molecule has 0 saturated carbocycles. The fourth-order valence-electron chi connectivity index (χ4n) is 1.84. The Labute approximate surface area is 121 Å². The number of ether oxygens (including phenoxy) is 1. The summed E-state index contributed by atoms with van der Waals surface area (Å²) in [5.41, 5.74) is 7.05. The number of nitrogens with two attached hydrogens (primary N) is 1. The zero-order valence-corrected chi connectivity index (χ0v) is 11.0. The second-order valence-corrected chi connectivity index (χ2v) is 4.40. The lowest BCUT2D eigenvalue weighted by Gasteiger charge is -2.07. The van der Waals surface area contributed by atoms with Gasteiger partial charge in [-0.15, -0.1) is 0 Å². The summed E-state index contributed by atoms with van der Waals surface area (Å²) >= 11 is 0. The van der Waals surface area contributed by atoms with E-state index in [0.717, 1.165) is 5.56 Å². The van der Waals surface area contributed by atoms with Crippen LogP contribution in [0.1, 0.15) is 0 Å². The lowest BCUT2D eigenvalue weighted by Crippen LogP contribution is -1.91. The van der Waals surface area contributed by atoms with Crippen molar-refractivity contribution in [1.29, 1.82) is 0 Å². The lowest BCUT2D eigenvalue weighted by molar-refractivity contribution is 0.480. The van der Waals surface area contributed by atoms with Crippen LogP contribution in [0.3, 0.4) is 0 Å². The van der Waals surface area contributed by atoms with Crippen LogP contribution in [0.25, 0.3) is 11.3 Å². The van der Waals surface area contributed by atoms with Crippen molar-refractivity contribution in [1.82, 2.24) is 9.97 Å². The van der Waals surface area contributed by atoms with Gasteiger partial charge in [-0.3, -0.25) is 4.98 Å². The largest absolute Gasteiger partial charge is 0.456 e. The van der Waals surface area contributed by atoms with Crippen molar-refractivity contribution in [3.63, 3.8) is 0 Å². The Kier molecular flexibility index (Phi) is 3.47. The lowest BCUT2D eigenvalue weighted by atomic mass is 10.1. The van der Waals surface area contributed by atoms with Gasteiger partial charge in [0.05, 0.1) is 11.9 Å². The molecule has 5 heteroatoms. The van der Waals surface area contributed by atoms with Crippen LogP contribution in [0.5, 0.6) is 11.5 Å². The van der Waals surface area contributed by atoms with Crippen molar-refractivity contribution >= 4 is 5.82 Å². The minimum Gasteiger partial charge on any atom is -0.456 e. The fraction of sp³-hybridized carbons (Fsp3) is 0. The minimum absolute atomic E-state index is 0.279. The molecule has 3 rings (SSSR count). The van der Waals surface area contributed by atoms with E-state index in [1.807, 2.05) is 0 Å². The first-order chi connectivity index (χ1) is 10.2. The number of hydrogen-bond donors (Lipinski definition) is 1. The molecule has 0 spiro atoms. The first-order valence-corrected chi connectivity index (χ1v) is 6.32. The molecule has 4 nitrogen and oxygen atoms in total. The van der Waals surface area contributed by atoms with Crippen molar-refractivity contribution in [3.05, 3.63) is 66.7 Å². The summed E-state index contributed by atoms with van der Waals surface area (Å²) in [5.74, 6) is 1.36. The molecule has 104 valence electrons. The van der Waals surface area contributed by atoms with Crippen LogP contribution in [0, 0.1) is 5.82 Å². The van der Waals surface area contributed by atoms with Gasteiger partial charge in [0.15, 0.2) is 0 Å². The second kappa shape index (κ2) is 5.58. The van der Waals surface area contributed by atoms with Gasteiger partial charge in [0.25, 0.3) is 0 Å². The molecule has 0 radical (unpaired) electrons. The number of hydrogen-bond acceptors (Lipinski definition) is 4. The van der Waals surface area contributed by atoms with Crippen LogP contribution < -0.4 is 10.5 Å². The maximum Gasteiger partial charge on any atom is 0.145 e. The van der Waals surface area contributed by atoms with Crippen LogP contribution >= 0.6 is 0 Å². The van der Waals surface area contributed by atoms with Crippen LogP contribution in [0.2, 0.25) is 0 Å². The van der Waals surface area contributed by atoms with E-state index in [4.69, 9.17) is 10.5 Å². The van der Waals surface area contributed by atoms with Crippen molar-refractivity contribution in [2.75, 3.05) is 5.73 Å². The minimum atomic E-state index is -0.279. The van der Waals surface area contributed by atoms with Crippen LogP contribution in [0.4, 0.5) is 10.2 Å². The Bertz CT molecular complexity index is 742. The second-order valence-electron chi connectivity index (χ2n) is 4.40. The summed E-state index contributed by atoms with van der Waals surface area (Å²) in [6.45, 7) is 0. The van der Waals surface area contributed by atoms with Crippen LogP contribution in [-0.4, -0.2) is 9.97 Å². The molecule has 0 aliphatic carbocycles. The molecule has 0 aliphatic heterocycles. The molecule has 2 aromatic heterocycles. The quantitative estimate of drug-likeness (QED) is 0.796. The van der Waals surface area contributed by atoms with Gasteiger partial charge in [-0.2, -0.15) is 0 Å². The summed E-state index contributed by atoms with van der Waals surface area (Å²) < 4.78 is 18.6. The Hall–Kier alpha value is -2.95. The number of nitrogens with zero attached hydrogens (tertiary/aromatic N) is 2. The Morgan fingerprint density at radius 2 is 1.71 bits per heavy atom. The fourth-order valence-corrected chi connectivity index (χ4v) is 1.84. The summed E-state index contributed by atoms with van der Waals surface area (Å²) in [5, 5.41) is 0. The SMILES string of the molecule is Nc1ccc(Oc2ccnc(-c3ccc(F)cc3)c2)cn1. The van der Waals surface area contributed by atoms with E-state index in [9.17, 15) is 4.39 Å². The molecule has 2 N–H and O–H groups in total. The summed E-state index contributed by atoms with van der Waals surface area (Å²) in [6.07, 6.45) is 3.19. The van der Waals surface area contributed by atoms with Gasteiger partial charge in [-0.1, -0.05) is 0 Å². The summed E-state index contributed by atoms with van der Waals surface area (Å²) in [6, 6.07) is 13.1. The van der Waals surface area contributed by atoms with E-state index in [-0.39, 0.29) is 5.82 Å². The summed E-state index contributed by atoms with van der Waals surface area (Å²) in [7, 11) is 0. The van der Waals surface area contributed by atoms with E-state index in [1.54, 1.807) is 48.8 Å². The highest BCUT2D eigenvalue weighted by molar-refractivity contribution is 5.60. The van der Waals surface area contributed by atoms with E-state index >= 15 is 0 Å². The van der Waals surface area contributed by atoms with E-state index < -0.39 is 0 Å². The number of halogens is 1. The maximum absolute atomic E-state index is 12.9. The van der Waals surface area contributed by atoms with E-state index in [1.165, 1.54) is 12.1 Å². The molecule has 3 aromatic rings. The van der Waals surface area contributed by atoms with Crippen molar-refractivity contribution < 1.29 is 9.13 Å². The average Bonchev–Trinajstić information content (AvgIpc) is 2.51. The first kappa shape index (κ1) is 13.1. The molecule has 0 amide bonds. The van der Waals surface area contributed by atoms with Crippen LogP contribution in [0.15, 0.2) is 60.9 Å². The number of rotatable bonds is 3. The molecule has 0 saturated heterocycles. The number of benzene rings is 1. The molecule has 0 unspecified atom stereocenters. The summed E-state index contributed by atoms with van der Waals surface area (Å²) in [4.78, 5) is 8.22. The predicted octanol–water partition coefficient (Wildman–Crippen LogP) is 3.66. The highest BCUT2D eigenvalue weighted by Gasteiger charge is 2.03. The zero-order chi connectivity index (χ0) is 14.7. The monoisotopic (exact) mass is 281 g/mol. The van der Waals surface area contributed by atoms with E-state index in [0.29, 0.717) is 23.0 Å². The Morgan fingerprint density at radius 1 is 0.905 bits per heavy atom. The number of pyridine rings is 2. The van der Waals surface area contributed by atoms with Gasteiger partial charge in [-0.05, 0) is 42.5 Å². The third-order valence-corrected chi connectivity index (χ3v) is 2.87. The number of nitrogen functional groups attached to an aromatic ring is 1. The third kappa shape index (κ3) is 3.14.